The molecule has 0 saturated heterocycles. The minimum absolute atomic E-state index is 0.101. The van der Waals surface area contributed by atoms with Gasteiger partial charge >= 0.3 is 0 Å². The molecule has 1 heterocycles. The molecule has 0 aliphatic rings. The lowest BCUT2D eigenvalue weighted by atomic mass is 10.0. The second-order valence-corrected chi connectivity index (χ2v) is 6.91. The van der Waals surface area contributed by atoms with E-state index in [1.807, 2.05) is 35.2 Å². The topological polar surface area (TPSA) is 33.2 Å². The molecule has 27 heavy (non-hydrogen) atoms. The van der Waals surface area contributed by atoms with Gasteiger partial charge in [-0.05, 0) is 37.0 Å². The standard InChI is InChI=1S/C24H28N2O/c1-4-15-26(16-5-2)24(27)21-17-23(19-13-11-18(6-3)12-14-19)25-22-10-8-7-9-20(21)22/h7-14,17H,4-6,15-16H2,1-3H3. The summed E-state index contributed by atoms with van der Waals surface area (Å²) in [7, 11) is 0. The molecular formula is C24H28N2O. The quantitative estimate of drug-likeness (QED) is 0.539. The number of nitrogens with zero attached hydrogens (tertiary/aromatic N) is 2. The molecule has 0 aliphatic heterocycles. The van der Waals surface area contributed by atoms with Crippen molar-refractivity contribution in [3.05, 3.63) is 65.7 Å². The molecule has 3 aromatic rings. The molecule has 3 heteroatoms. The minimum atomic E-state index is 0.101. The molecule has 0 saturated carbocycles. The fourth-order valence-electron chi connectivity index (χ4n) is 3.44. The third-order valence-corrected chi connectivity index (χ3v) is 4.88. The fraction of sp³-hybridized carbons (Fsp3) is 0.333. The molecule has 0 fully saturated rings. The van der Waals surface area contributed by atoms with Gasteiger partial charge in [-0.1, -0.05) is 63.2 Å². The smallest absolute Gasteiger partial charge is 0.254 e. The number of aromatic nitrogens is 1. The van der Waals surface area contributed by atoms with Crippen LogP contribution in [0.5, 0.6) is 0 Å². The Labute approximate surface area is 162 Å². The van der Waals surface area contributed by atoms with E-state index in [4.69, 9.17) is 4.98 Å². The zero-order valence-corrected chi connectivity index (χ0v) is 16.5. The molecule has 1 aromatic heterocycles. The van der Waals surface area contributed by atoms with Gasteiger partial charge in [-0.3, -0.25) is 4.79 Å². The summed E-state index contributed by atoms with van der Waals surface area (Å²) in [4.78, 5) is 20.1. The summed E-state index contributed by atoms with van der Waals surface area (Å²) in [5, 5.41) is 0.925. The summed E-state index contributed by atoms with van der Waals surface area (Å²) >= 11 is 0. The molecular weight excluding hydrogens is 332 g/mol. The van der Waals surface area contributed by atoms with Crippen molar-refractivity contribution >= 4 is 16.8 Å². The Morgan fingerprint density at radius 1 is 0.926 bits per heavy atom. The fourth-order valence-corrected chi connectivity index (χ4v) is 3.44. The van der Waals surface area contributed by atoms with E-state index < -0.39 is 0 Å². The minimum Gasteiger partial charge on any atom is -0.339 e. The van der Waals surface area contributed by atoms with Crippen molar-refractivity contribution in [2.24, 2.45) is 0 Å². The number of hydrogen-bond acceptors (Lipinski definition) is 2. The lowest BCUT2D eigenvalue weighted by Gasteiger charge is -2.22. The van der Waals surface area contributed by atoms with E-state index >= 15 is 0 Å². The number of benzene rings is 2. The average molecular weight is 361 g/mol. The molecule has 0 radical (unpaired) electrons. The molecule has 0 aliphatic carbocycles. The van der Waals surface area contributed by atoms with Crippen LogP contribution in [0.25, 0.3) is 22.2 Å². The maximum absolute atomic E-state index is 13.3. The highest BCUT2D eigenvalue weighted by Gasteiger charge is 2.19. The summed E-state index contributed by atoms with van der Waals surface area (Å²) < 4.78 is 0. The van der Waals surface area contributed by atoms with Gasteiger partial charge in [-0.25, -0.2) is 4.98 Å². The van der Waals surface area contributed by atoms with Gasteiger partial charge in [-0.2, -0.15) is 0 Å². The van der Waals surface area contributed by atoms with Gasteiger partial charge in [0.2, 0.25) is 0 Å². The van der Waals surface area contributed by atoms with E-state index in [-0.39, 0.29) is 5.91 Å². The number of pyridine rings is 1. The maximum atomic E-state index is 13.3. The predicted octanol–water partition coefficient (Wildman–Crippen LogP) is 5.73. The molecule has 2 aromatic carbocycles. The first kappa shape index (κ1) is 19.1. The SMILES string of the molecule is CCCN(CCC)C(=O)c1cc(-c2ccc(CC)cc2)nc2ccccc12. The van der Waals surface area contributed by atoms with Crippen LogP contribution in [0.15, 0.2) is 54.6 Å². The van der Waals surface area contributed by atoms with Crippen LogP contribution in [0.3, 0.4) is 0 Å². The zero-order chi connectivity index (χ0) is 19.2. The van der Waals surface area contributed by atoms with Crippen molar-refractivity contribution in [3.8, 4) is 11.3 Å². The number of carbonyl (C=O) groups excluding carboxylic acids is 1. The summed E-state index contributed by atoms with van der Waals surface area (Å²) in [5.74, 6) is 0.101. The summed E-state index contributed by atoms with van der Waals surface area (Å²) in [5.41, 5.74) is 4.81. The van der Waals surface area contributed by atoms with E-state index in [1.165, 1.54) is 5.56 Å². The lowest BCUT2D eigenvalue weighted by molar-refractivity contribution is 0.0757. The van der Waals surface area contributed by atoms with Gasteiger partial charge in [-0.15, -0.1) is 0 Å². The van der Waals surface area contributed by atoms with Crippen LogP contribution in [0.2, 0.25) is 0 Å². The molecule has 0 bridgehead atoms. The number of fused-ring (bicyclic) bond motifs is 1. The van der Waals surface area contributed by atoms with Gasteiger partial charge < -0.3 is 4.90 Å². The van der Waals surface area contributed by atoms with Crippen molar-refractivity contribution in [2.45, 2.75) is 40.0 Å². The van der Waals surface area contributed by atoms with Gasteiger partial charge in [0, 0.05) is 24.0 Å². The van der Waals surface area contributed by atoms with Crippen LogP contribution in [0, 0.1) is 0 Å². The van der Waals surface area contributed by atoms with Gasteiger partial charge in [0.05, 0.1) is 16.8 Å². The maximum Gasteiger partial charge on any atom is 0.254 e. The number of aryl methyl sites for hydroxylation is 1. The van der Waals surface area contributed by atoms with Crippen LogP contribution in [-0.2, 0) is 6.42 Å². The normalized spacial score (nSPS) is 10.9. The Kier molecular flexibility index (Phi) is 6.23. The van der Waals surface area contributed by atoms with Crippen molar-refractivity contribution in [1.82, 2.24) is 9.88 Å². The van der Waals surface area contributed by atoms with Crippen LogP contribution < -0.4 is 0 Å². The second kappa shape index (κ2) is 8.81. The van der Waals surface area contributed by atoms with Gasteiger partial charge in [0.1, 0.15) is 0 Å². The van der Waals surface area contributed by atoms with Crippen LogP contribution in [0.1, 0.15) is 49.5 Å². The van der Waals surface area contributed by atoms with Gasteiger partial charge in [0.25, 0.3) is 5.91 Å². The van der Waals surface area contributed by atoms with Crippen LogP contribution in [0.4, 0.5) is 0 Å². The van der Waals surface area contributed by atoms with Crippen molar-refractivity contribution in [1.29, 1.82) is 0 Å². The number of para-hydroxylation sites is 1. The van der Waals surface area contributed by atoms with E-state index in [9.17, 15) is 4.79 Å². The molecule has 0 unspecified atom stereocenters. The van der Waals surface area contributed by atoms with Crippen molar-refractivity contribution in [3.63, 3.8) is 0 Å². The first-order valence-corrected chi connectivity index (χ1v) is 9.96. The number of hydrogen-bond donors (Lipinski definition) is 0. The third kappa shape index (κ3) is 4.19. The largest absolute Gasteiger partial charge is 0.339 e. The Bertz CT molecular complexity index is 909. The lowest BCUT2D eigenvalue weighted by Crippen LogP contribution is -2.32. The zero-order valence-electron chi connectivity index (χ0n) is 16.5. The number of carbonyl (C=O) groups is 1. The molecule has 0 N–H and O–H groups in total. The van der Waals surface area contributed by atoms with Crippen molar-refractivity contribution in [2.75, 3.05) is 13.1 Å². The highest BCUT2D eigenvalue weighted by molar-refractivity contribution is 6.07. The second-order valence-electron chi connectivity index (χ2n) is 6.91. The summed E-state index contributed by atoms with van der Waals surface area (Å²) in [6, 6.07) is 18.4. The Morgan fingerprint density at radius 2 is 1.59 bits per heavy atom. The average Bonchev–Trinajstić information content (AvgIpc) is 2.72. The van der Waals surface area contributed by atoms with E-state index in [1.54, 1.807) is 0 Å². The molecule has 3 rings (SSSR count). The predicted molar refractivity (Wildman–Crippen MR) is 113 cm³/mol. The van der Waals surface area contributed by atoms with Gasteiger partial charge in [0.15, 0.2) is 0 Å². The Balaban J connectivity index is 2.11. The van der Waals surface area contributed by atoms with E-state index in [0.717, 1.165) is 60.1 Å². The molecule has 1 amide bonds. The monoisotopic (exact) mass is 360 g/mol. The van der Waals surface area contributed by atoms with Crippen molar-refractivity contribution < 1.29 is 4.79 Å². The Morgan fingerprint density at radius 3 is 2.22 bits per heavy atom. The van der Waals surface area contributed by atoms with Crippen LogP contribution >= 0.6 is 0 Å². The molecule has 0 spiro atoms. The molecule has 140 valence electrons. The van der Waals surface area contributed by atoms with E-state index in [0.29, 0.717) is 0 Å². The third-order valence-electron chi connectivity index (χ3n) is 4.88. The Hall–Kier alpha value is -2.68. The summed E-state index contributed by atoms with van der Waals surface area (Å²) in [6.07, 6.45) is 2.93. The number of amides is 1. The first-order chi connectivity index (χ1) is 13.2. The molecule has 3 nitrogen and oxygen atoms in total. The van der Waals surface area contributed by atoms with Crippen LogP contribution in [-0.4, -0.2) is 28.9 Å². The highest BCUT2D eigenvalue weighted by atomic mass is 16.2. The summed E-state index contributed by atoms with van der Waals surface area (Å²) in [6.45, 7) is 7.94. The first-order valence-electron chi connectivity index (χ1n) is 9.96. The highest BCUT2D eigenvalue weighted by Crippen LogP contribution is 2.26. The number of rotatable bonds is 7. The van der Waals surface area contributed by atoms with E-state index in [2.05, 4.69) is 45.0 Å². The molecule has 0 atom stereocenters.